The molecule has 0 aliphatic carbocycles. The molecule has 1 rings (SSSR count). The van der Waals surface area contributed by atoms with Gasteiger partial charge in [0.25, 0.3) is 0 Å². The SMILES string of the molecule is CC1C[CH-]OC1.[Y]. The first-order valence-corrected chi connectivity index (χ1v) is 2.33. The predicted octanol–water partition coefficient (Wildman–Crippen LogP) is 1.20. The average molecular weight is 174 g/mol. The van der Waals surface area contributed by atoms with Gasteiger partial charge >= 0.3 is 0 Å². The Morgan fingerprint density at radius 1 is 1.71 bits per heavy atom. The van der Waals surface area contributed by atoms with Gasteiger partial charge in [0.15, 0.2) is 0 Å². The zero-order chi connectivity index (χ0) is 4.41. The van der Waals surface area contributed by atoms with Crippen LogP contribution in [0.25, 0.3) is 0 Å². The first-order chi connectivity index (χ1) is 2.89. The van der Waals surface area contributed by atoms with Gasteiger partial charge in [0, 0.05) is 39.3 Å². The summed E-state index contributed by atoms with van der Waals surface area (Å²) in [6.45, 7) is 4.99. The van der Waals surface area contributed by atoms with E-state index in [0.717, 1.165) is 18.9 Å². The molecular formula is C5H9OY-. The fourth-order valence-corrected chi connectivity index (χ4v) is 0.533. The Bertz CT molecular complexity index is 41.3. The molecule has 0 spiro atoms. The van der Waals surface area contributed by atoms with Gasteiger partial charge in [-0.2, -0.15) is 6.42 Å². The van der Waals surface area contributed by atoms with Crippen molar-refractivity contribution in [1.82, 2.24) is 0 Å². The summed E-state index contributed by atoms with van der Waals surface area (Å²) in [6.07, 6.45) is 1.14. The molecule has 0 saturated carbocycles. The van der Waals surface area contributed by atoms with E-state index >= 15 is 0 Å². The summed E-state index contributed by atoms with van der Waals surface area (Å²) in [7, 11) is 0. The molecule has 0 amide bonds. The minimum Gasteiger partial charge on any atom is -0.552 e. The van der Waals surface area contributed by atoms with Crippen LogP contribution >= 0.6 is 0 Å². The second kappa shape index (κ2) is 3.99. The van der Waals surface area contributed by atoms with Gasteiger partial charge in [-0.05, 0) is 5.92 Å². The Morgan fingerprint density at radius 2 is 2.43 bits per heavy atom. The number of hydrogen-bond donors (Lipinski definition) is 0. The van der Waals surface area contributed by atoms with E-state index in [4.69, 9.17) is 4.74 Å². The van der Waals surface area contributed by atoms with Gasteiger partial charge < -0.3 is 4.74 Å². The van der Waals surface area contributed by atoms with Crippen LogP contribution in [0.5, 0.6) is 0 Å². The molecule has 0 bridgehead atoms. The molecule has 1 atom stereocenters. The van der Waals surface area contributed by atoms with Gasteiger partial charge in [-0.3, -0.25) is 0 Å². The van der Waals surface area contributed by atoms with Crippen LogP contribution in [0.15, 0.2) is 0 Å². The molecule has 1 aliphatic rings. The molecule has 1 fully saturated rings. The third-order valence-corrected chi connectivity index (χ3v) is 0.997. The van der Waals surface area contributed by atoms with Crippen molar-refractivity contribution in [3.8, 4) is 0 Å². The van der Waals surface area contributed by atoms with E-state index in [1.54, 1.807) is 0 Å². The topological polar surface area (TPSA) is 9.23 Å². The van der Waals surface area contributed by atoms with Crippen molar-refractivity contribution in [2.24, 2.45) is 5.92 Å². The smallest absolute Gasteiger partial charge is 0.0114 e. The monoisotopic (exact) mass is 174 g/mol. The molecule has 0 aromatic carbocycles. The van der Waals surface area contributed by atoms with E-state index in [1.165, 1.54) is 0 Å². The number of rotatable bonds is 0. The zero-order valence-corrected chi connectivity index (χ0v) is 7.39. The van der Waals surface area contributed by atoms with Crippen LogP contribution in [0.2, 0.25) is 0 Å². The summed E-state index contributed by atoms with van der Waals surface area (Å²) in [5.74, 6) is 0.769. The number of ether oxygens (including phenoxy) is 1. The van der Waals surface area contributed by atoms with E-state index in [2.05, 4.69) is 6.92 Å². The van der Waals surface area contributed by atoms with E-state index < -0.39 is 0 Å². The molecule has 1 radical (unpaired) electrons. The first-order valence-electron chi connectivity index (χ1n) is 2.33. The van der Waals surface area contributed by atoms with Gasteiger partial charge in [-0.1, -0.05) is 6.92 Å². The molecule has 1 aliphatic heterocycles. The Labute approximate surface area is 69.7 Å². The normalized spacial score (nSPS) is 29.6. The van der Waals surface area contributed by atoms with Crippen molar-refractivity contribution in [1.29, 1.82) is 0 Å². The van der Waals surface area contributed by atoms with E-state index in [1.807, 2.05) is 6.61 Å². The quantitative estimate of drug-likeness (QED) is 0.501. The molecule has 7 heavy (non-hydrogen) atoms. The standard InChI is InChI=1S/C5H9O.Y/c1-5-2-3-6-4-5;/h3,5H,2,4H2,1H3;/q-1;. The second-order valence-electron chi connectivity index (χ2n) is 1.84. The maximum Gasteiger partial charge on any atom is 0.0114 e. The molecule has 1 heterocycles. The third-order valence-electron chi connectivity index (χ3n) is 0.997. The minimum atomic E-state index is 0. The molecule has 1 saturated heterocycles. The van der Waals surface area contributed by atoms with Crippen molar-refractivity contribution < 1.29 is 37.4 Å². The molecule has 1 nitrogen and oxygen atoms in total. The summed E-state index contributed by atoms with van der Waals surface area (Å²) >= 11 is 0. The Kier molecular flexibility index (Phi) is 4.60. The van der Waals surface area contributed by atoms with Crippen molar-refractivity contribution in [2.75, 3.05) is 6.61 Å². The van der Waals surface area contributed by atoms with Crippen molar-refractivity contribution >= 4 is 0 Å². The fourth-order valence-electron chi connectivity index (χ4n) is 0.533. The van der Waals surface area contributed by atoms with Gasteiger partial charge in [0.2, 0.25) is 0 Å². The third kappa shape index (κ3) is 2.79. The Hall–Kier alpha value is 1.06. The second-order valence-corrected chi connectivity index (χ2v) is 1.84. The largest absolute Gasteiger partial charge is 0.552 e. The van der Waals surface area contributed by atoms with Crippen LogP contribution in [0.4, 0.5) is 0 Å². The summed E-state index contributed by atoms with van der Waals surface area (Å²) in [5, 5.41) is 0. The van der Waals surface area contributed by atoms with E-state index in [9.17, 15) is 0 Å². The molecule has 0 aromatic heterocycles. The van der Waals surface area contributed by atoms with Crippen LogP contribution in [0.3, 0.4) is 0 Å². The first kappa shape index (κ1) is 8.06. The van der Waals surface area contributed by atoms with Crippen LogP contribution in [-0.4, -0.2) is 6.61 Å². The molecule has 39 valence electrons. The summed E-state index contributed by atoms with van der Waals surface area (Å²) in [6, 6.07) is 0. The van der Waals surface area contributed by atoms with E-state index in [0.29, 0.717) is 0 Å². The minimum absolute atomic E-state index is 0. The summed E-state index contributed by atoms with van der Waals surface area (Å²) in [4.78, 5) is 0. The van der Waals surface area contributed by atoms with Gasteiger partial charge in [-0.15, -0.1) is 0 Å². The van der Waals surface area contributed by atoms with Crippen LogP contribution in [0, 0.1) is 12.5 Å². The van der Waals surface area contributed by atoms with Gasteiger partial charge in [0.1, 0.15) is 0 Å². The maximum absolute atomic E-state index is 4.93. The molecule has 1 unspecified atom stereocenters. The van der Waals surface area contributed by atoms with Crippen LogP contribution in [-0.2, 0) is 37.4 Å². The van der Waals surface area contributed by atoms with Crippen LogP contribution in [0.1, 0.15) is 13.3 Å². The molecule has 2 heteroatoms. The predicted molar refractivity (Wildman–Crippen MR) is 24.0 cm³/mol. The van der Waals surface area contributed by atoms with Gasteiger partial charge in [-0.25, -0.2) is 6.61 Å². The maximum atomic E-state index is 4.93. The van der Waals surface area contributed by atoms with Crippen LogP contribution < -0.4 is 0 Å². The number of hydrogen-bond acceptors (Lipinski definition) is 1. The van der Waals surface area contributed by atoms with Crippen molar-refractivity contribution in [3.05, 3.63) is 6.61 Å². The Morgan fingerprint density at radius 3 is 2.57 bits per heavy atom. The summed E-state index contributed by atoms with van der Waals surface area (Å²) < 4.78 is 4.93. The average Bonchev–Trinajstić information content (AvgIpc) is 1.86. The van der Waals surface area contributed by atoms with Crippen molar-refractivity contribution in [3.63, 3.8) is 0 Å². The molecule has 0 N–H and O–H groups in total. The molecule has 0 aromatic rings. The summed E-state index contributed by atoms with van der Waals surface area (Å²) in [5.41, 5.74) is 0. The zero-order valence-electron chi connectivity index (χ0n) is 4.55. The molecular weight excluding hydrogens is 165 g/mol. The van der Waals surface area contributed by atoms with Crippen molar-refractivity contribution in [2.45, 2.75) is 13.3 Å². The Balaban J connectivity index is 0.000000360. The fraction of sp³-hybridized carbons (Fsp3) is 0.800. The van der Waals surface area contributed by atoms with Gasteiger partial charge in [0.05, 0.1) is 0 Å². The van der Waals surface area contributed by atoms with E-state index in [-0.39, 0.29) is 32.7 Å².